The summed E-state index contributed by atoms with van der Waals surface area (Å²) in [5, 5.41) is 18.9. The normalized spacial score (nSPS) is 16.9. The predicted molar refractivity (Wildman–Crippen MR) is 87.4 cm³/mol. The van der Waals surface area contributed by atoms with Crippen molar-refractivity contribution in [3.8, 4) is 10.6 Å². The molecule has 2 aromatic heterocycles. The van der Waals surface area contributed by atoms with E-state index in [4.69, 9.17) is 0 Å². The molecule has 3 N–H and O–H groups in total. The Labute approximate surface area is 137 Å². The summed E-state index contributed by atoms with van der Waals surface area (Å²) in [6.45, 7) is 0. The maximum atomic E-state index is 12.4. The predicted octanol–water partition coefficient (Wildman–Crippen LogP) is 2.90. The van der Waals surface area contributed by atoms with Crippen LogP contribution in [0.15, 0.2) is 24.4 Å². The van der Waals surface area contributed by atoms with Crippen molar-refractivity contribution in [3.63, 3.8) is 0 Å². The van der Waals surface area contributed by atoms with E-state index >= 15 is 0 Å². The number of amides is 1. The molecule has 1 aliphatic rings. The number of carboxylic acids is 1. The van der Waals surface area contributed by atoms with Gasteiger partial charge in [-0.25, -0.2) is 4.79 Å². The van der Waals surface area contributed by atoms with E-state index in [1.807, 2.05) is 12.1 Å². The van der Waals surface area contributed by atoms with Gasteiger partial charge in [0.05, 0.1) is 15.4 Å². The number of nitrogens with zero attached hydrogens (tertiary/aromatic N) is 1. The first-order valence-electron chi connectivity index (χ1n) is 7.78. The number of carbonyl (C=O) groups is 2. The molecule has 0 bridgehead atoms. The van der Waals surface area contributed by atoms with Gasteiger partial charge in [-0.3, -0.25) is 9.89 Å². The minimum absolute atomic E-state index is 0.0252. The molecule has 1 fully saturated rings. The molecule has 1 aliphatic carbocycles. The van der Waals surface area contributed by atoms with Crippen molar-refractivity contribution in [1.29, 1.82) is 0 Å². The standard InChI is InChI=1S/C16H19N3O3S/c20-15(13-7-6-12(23-13)11-8-9-17-19-11)18-14(16(21)22)10-4-2-1-3-5-10/h6-10,14H,1-5H2,(H,17,19)(H,18,20)(H,21,22)/t14-/m0/s1. The highest BCUT2D eigenvalue weighted by atomic mass is 32.1. The van der Waals surface area contributed by atoms with Gasteiger partial charge in [-0.1, -0.05) is 19.3 Å². The first-order chi connectivity index (χ1) is 11.1. The second kappa shape index (κ2) is 6.95. The molecule has 7 heteroatoms. The van der Waals surface area contributed by atoms with Gasteiger partial charge in [0.2, 0.25) is 0 Å². The number of carbonyl (C=O) groups excluding carboxylic acids is 1. The summed E-state index contributed by atoms with van der Waals surface area (Å²) in [6.07, 6.45) is 6.59. The molecule has 2 aromatic rings. The Balaban J connectivity index is 1.70. The molecule has 0 radical (unpaired) electrons. The number of thiophene rings is 1. The molecule has 23 heavy (non-hydrogen) atoms. The van der Waals surface area contributed by atoms with Crippen molar-refractivity contribution < 1.29 is 14.7 Å². The molecule has 6 nitrogen and oxygen atoms in total. The quantitative estimate of drug-likeness (QED) is 0.784. The van der Waals surface area contributed by atoms with Gasteiger partial charge in [0.15, 0.2) is 0 Å². The van der Waals surface area contributed by atoms with Crippen LogP contribution < -0.4 is 5.32 Å². The summed E-state index contributed by atoms with van der Waals surface area (Å²) < 4.78 is 0. The van der Waals surface area contributed by atoms with E-state index in [1.165, 1.54) is 11.3 Å². The summed E-state index contributed by atoms with van der Waals surface area (Å²) in [4.78, 5) is 25.3. The molecule has 1 atom stereocenters. The van der Waals surface area contributed by atoms with Crippen molar-refractivity contribution in [2.24, 2.45) is 5.92 Å². The number of nitrogens with one attached hydrogen (secondary N) is 2. The van der Waals surface area contributed by atoms with Gasteiger partial charge in [0.1, 0.15) is 6.04 Å². The van der Waals surface area contributed by atoms with E-state index in [0.717, 1.165) is 42.7 Å². The van der Waals surface area contributed by atoms with E-state index in [2.05, 4.69) is 15.5 Å². The van der Waals surface area contributed by atoms with Crippen molar-refractivity contribution >= 4 is 23.2 Å². The van der Waals surface area contributed by atoms with Crippen LogP contribution >= 0.6 is 11.3 Å². The van der Waals surface area contributed by atoms with Crippen LogP contribution in [0.1, 0.15) is 41.8 Å². The number of H-pyrrole nitrogens is 1. The number of hydrogen-bond acceptors (Lipinski definition) is 4. The Morgan fingerprint density at radius 1 is 1.26 bits per heavy atom. The van der Waals surface area contributed by atoms with E-state index in [0.29, 0.717) is 4.88 Å². The topological polar surface area (TPSA) is 95.1 Å². The smallest absolute Gasteiger partial charge is 0.326 e. The Hall–Kier alpha value is -2.15. The van der Waals surface area contributed by atoms with Crippen molar-refractivity contribution in [3.05, 3.63) is 29.3 Å². The van der Waals surface area contributed by atoms with Crippen molar-refractivity contribution in [2.45, 2.75) is 38.1 Å². The lowest BCUT2D eigenvalue weighted by atomic mass is 9.84. The summed E-state index contributed by atoms with van der Waals surface area (Å²) in [5.41, 5.74) is 0.844. The second-order valence-electron chi connectivity index (χ2n) is 5.82. The fraction of sp³-hybridized carbons (Fsp3) is 0.438. The van der Waals surface area contributed by atoms with Crippen LogP contribution in [0.5, 0.6) is 0 Å². The molecule has 0 aliphatic heterocycles. The molecule has 2 heterocycles. The fourth-order valence-corrected chi connectivity index (χ4v) is 3.94. The molecule has 0 unspecified atom stereocenters. The van der Waals surface area contributed by atoms with Gasteiger partial charge in [0, 0.05) is 6.20 Å². The van der Waals surface area contributed by atoms with Crippen LogP contribution in [0.2, 0.25) is 0 Å². The zero-order chi connectivity index (χ0) is 16.2. The van der Waals surface area contributed by atoms with Gasteiger partial charge in [-0.15, -0.1) is 11.3 Å². The zero-order valence-corrected chi connectivity index (χ0v) is 13.4. The Bertz CT molecular complexity index is 675. The minimum Gasteiger partial charge on any atom is -0.480 e. The lowest BCUT2D eigenvalue weighted by molar-refractivity contribution is -0.141. The summed E-state index contributed by atoms with van der Waals surface area (Å²) in [6, 6.07) is 4.58. The second-order valence-corrected chi connectivity index (χ2v) is 6.91. The van der Waals surface area contributed by atoms with Gasteiger partial charge in [0.25, 0.3) is 5.91 Å². The lowest BCUT2D eigenvalue weighted by Crippen LogP contribution is -2.46. The number of carboxylic acid groups (broad SMARTS) is 1. The summed E-state index contributed by atoms with van der Waals surface area (Å²) in [5.74, 6) is -1.24. The average molecular weight is 333 g/mol. The van der Waals surface area contributed by atoms with Gasteiger partial charge < -0.3 is 10.4 Å². The van der Waals surface area contributed by atoms with Crippen LogP contribution in [-0.2, 0) is 4.79 Å². The maximum Gasteiger partial charge on any atom is 0.326 e. The summed E-state index contributed by atoms with van der Waals surface area (Å²) in [7, 11) is 0. The third-order valence-electron chi connectivity index (χ3n) is 4.27. The monoisotopic (exact) mass is 333 g/mol. The van der Waals surface area contributed by atoms with Gasteiger partial charge in [-0.2, -0.15) is 5.10 Å². The van der Waals surface area contributed by atoms with E-state index < -0.39 is 12.0 Å². The maximum absolute atomic E-state index is 12.4. The Morgan fingerprint density at radius 3 is 2.70 bits per heavy atom. The minimum atomic E-state index is -0.949. The van der Waals surface area contributed by atoms with Crippen molar-refractivity contribution in [2.75, 3.05) is 0 Å². The molecule has 0 aromatic carbocycles. The van der Waals surface area contributed by atoms with Crippen LogP contribution in [0, 0.1) is 5.92 Å². The highest BCUT2D eigenvalue weighted by Gasteiger charge is 2.31. The third kappa shape index (κ3) is 3.61. The zero-order valence-electron chi connectivity index (χ0n) is 12.6. The largest absolute Gasteiger partial charge is 0.480 e. The van der Waals surface area contributed by atoms with Gasteiger partial charge >= 0.3 is 5.97 Å². The average Bonchev–Trinajstić information content (AvgIpc) is 3.23. The molecule has 3 rings (SSSR count). The van der Waals surface area contributed by atoms with Crippen LogP contribution in [0.25, 0.3) is 10.6 Å². The molecule has 0 spiro atoms. The molecule has 122 valence electrons. The molecule has 1 saturated carbocycles. The molecular formula is C16H19N3O3S. The van der Waals surface area contributed by atoms with E-state index in [1.54, 1.807) is 12.3 Å². The number of aromatic nitrogens is 2. The molecule has 0 saturated heterocycles. The number of rotatable bonds is 5. The number of aromatic amines is 1. The Kier molecular flexibility index (Phi) is 4.76. The van der Waals surface area contributed by atoms with Crippen LogP contribution in [-0.4, -0.2) is 33.2 Å². The summed E-state index contributed by atoms with van der Waals surface area (Å²) >= 11 is 1.32. The third-order valence-corrected chi connectivity index (χ3v) is 5.39. The first-order valence-corrected chi connectivity index (χ1v) is 8.60. The highest BCUT2D eigenvalue weighted by molar-refractivity contribution is 7.17. The Morgan fingerprint density at radius 2 is 2.04 bits per heavy atom. The SMILES string of the molecule is O=C(N[C@H](C(=O)O)C1CCCCC1)c1ccc(-c2ccn[nH]2)s1. The number of hydrogen-bond donors (Lipinski definition) is 3. The molecular weight excluding hydrogens is 314 g/mol. The van der Waals surface area contributed by atoms with Crippen LogP contribution in [0.3, 0.4) is 0 Å². The van der Waals surface area contributed by atoms with E-state index in [-0.39, 0.29) is 11.8 Å². The number of aliphatic carboxylic acids is 1. The van der Waals surface area contributed by atoms with Crippen molar-refractivity contribution in [1.82, 2.24) is 15.5 Å². The van der Waals surface area contributed by atoms with Crippen LogP contribution in [0.4, 0.5) is 0 Å². The fourth-order valence-electron chi connectivity index (χ4n) is 3.06. The van der Waals surface area contributed by atoms with Gasteiger partial charge in [-0.05, 0) is 37.0 Å². The first kappa shape index (κ1) is 15.7. The molecule has 1 amide bonds. The lowest BCUT2D eigenvalue weighted by Gasteiger charge is -2.27. The van der Waals surface area contributed by atoms with E-state index in [9.17, 15) is 14.7 Å². The highest BCUT2D eigenvalue weighted by Crippen LogP contribution is 2.28.